The number of anilines is 1. The maximum atomic E-state index is 13.0. The maximum absolute atomic E-state index is 13.0. The van der Waals surface area contributed by atoms with Gasteiger partial charge in [-0.15, -0.1) is 0 Å². The third-order valence-electron chi connectivity index (χ3n) is 5.17. The Bertz CT molecular complexity index is 711. The molecule has 0 unspecified atom stereocenters. The van der Waals surface area contributed by atoms with E-state index in [4.69, 9.17) is 9.47 Å². The first-order chi connectivity index (χ1) is 11.6. The third kappa shape index (κ3) is 2.11. The average molecular weight is 327 g/mol. The van der Waals surface area contributed by atoms with Crippen LogP contribution < -0.4 is 4.90 Å². The van der Waals surface area contributed by atoms with E-state index < -0.39 is 17.4 Å². The topological polar surface area (TPSA) is 55.8 Å². The number of rotatable bonds is 4. The molecule has 0 aliphatic carbocycles. The van der Waals surface area contributed by atoms with Gasteiger partial charge in [-0.25, -0.2) is 0 Å². The fraction of sp³-hybridized carbons (Fsp3) is 0.474. The lowest BCUT2D eigenvalue weighted by atomic mass is 9.77. The van der Waals surface area contributed by atoms with Crippen molar-refractivity contribution in [2.24, 2.45) is 11.8 Å². The largest absolute Gasteiger partial charge is 0.465 e. The predicted octanol–water partition coefficient (Wildman–Crippen LogP) is 2.23. The molecule has 2 fully saturated rings. The summed E-state index contributed by atoms with van der Waals surface area (Å²) in [5, 5.41) is 0. The van der Waals surface area contributed by atoms with E-state index in [2.05, 4.69) is 0 Å². The van der Waals surface area contributed by atoms with Crippen molar-refractivity contribution in [3.8, 4) is 0 Å². The fourth-order valence-electron chi connectivity index (χ4n) is 4.01. The molecule has 3 heterocycles. The number of benzene rings is 1. The van der Waals surface area contributed by atoms with Gasteiger partial charge in [-0.3, -0.25) is 9.59 Å². The van der Waals surface area contributed by atoms with E-state index in [1.807, 2.05) is 50.3 Å². The summed E-state index contributed by atoms with van der Waals surface area (Å²) >= 11 is 0. The monoisotopic (exact) mass is 327 g/mol. The average Bonchev–Trinajstić information content (AvgIpc) is 3.22. The van der Waals surface area contributed by atoms with E-state index >= 15 is 0 Å². The Kier molecular flexibility index (Phi) is 3.49. The summed E-state index contributed by atoms with van der Waals surface area (Å²) < 4.78 is 11.4. The molecule has 4 atom stereocenters. The number of hydrogen-bond acceptors (Lipinski definition) is 4. The standard InChI is InChI=1S/C19H21NO4/c1-3-10-23-18(22)15-14-8-9-19(24-14)11-20(17(21)16(15)19)13-6-4-12(2)5-7-13/h4-9,14-16H,3,10-11H2,1-2H3/t14-,15+,16-,19+/m1/s1. The SMILES string of the molecule is CCCOC(=O)[C@H]1[C@H]2C=C[C@@]3(CN(c4ccc(C)cc4)C(=O)[C@@H]13)O2. The highest BCUT2D eigenvalue weighted by Crippen LogP contribution is 2.52. The van der Waals surface area contributed by atoms with Crippen LogP contribution in [-0.2, 0) is 19.1 Å². The van der Waals surface area contributed by atoms with E-state index in [0.29, 0.717) is 13.2 Å². The number of carbonyl (C=O) groups excluding carboxylic acids is 2. The summed E-state index contributed by atoms with van der Waals surface area (Å²) in [6, 6.07) is 7.84. The van der Waals surface area contributed by atoms with Gasteiger partial charge in [0.25, 0.3) is 0 Å². The van der Waals surface area contributed by atoms with E-state index in [0.717, 1.165) is 17.7 Å². The number of nitrogens with zero attached hydrogens (tertiary/aromatic N) is 1. The molecular formula is C19H21NO4. The molecule has 0 aromatic heterocycles. The molecule has 1 aromatic rings. The molecule has 0 radical (unpaired) electrons. The molecule has 5 heteroatoms. The zero-order valence-electron chi connectivity index (χ0n) is 13.9. The minimum Gasteiger partial charge on any atom is -0.465 e. The Labute approximate surface area is 141 Å². The zero-order valence-corrected chi connectivity index (χ0v) is 13.9. The molecule has 3 aliphatic heterocycles. The summed E-state index contributed by atoms with van der Waals surface area (Å²) in [7, 11) is 0. The van der Waals surface area contributed by atoms with Crippen molar-refractivity contribution in [3.05, 3.63) is 42.0 Å². The Morgan fingerprint density at radius 2 is 2.12 bits per heavy atom. The van der Waals surface area contributed by atoms with Gasteiger partial charge in [0.15, 0.2) is 0 Å². The molecule has 4 rings (SSSR count). The smallest absolute Gasteiger partial charge is 0.312 e. The predicted molar refractivity (Wildman–Crippen MR) is 88.5 cm³/mol. The van der Waals surface area contributed by atoms with Crippen molar-refractivity contribution in [2.75, 3.05) is 18.1 Å². The first kappa shape index (κ1) is 15.4. The van der Waals surface area contributed by atoms with Crippen molar-refractivity contribution in [2.45, 2.75) is 32.0 Å². The summed E-state index contributed by atoms with van der Waals surface area (Å²) in [6.07, 6.45) is 4.28. The van der Waals surface area contributed by atoms with Gasteiger partial charge in [-0.1, -0.05) is 36.8 Å². The van der Waals surface area contributed by atoms with E-state index in [1.54, 1.807) is 4.90 Å². The van der Waals surface area contributed by atoms with Gasteiger partial charge < -0.3 is 14.4 Å². The van der Waals surface area contributed by atoms with Gasteiger partial charge in [-0.05, 0) is 25.5 Å². The number of fused-ring (bicyclic) bond motifs is 1. The molecule has 0 saturated carbocycles. The molecule has 2 saturated heterocycles. The zero-order chi connectivity index (χ0) is 16.9. The number of aryl methyl sites for hydroxylation is 1. The number of amides is 1. The Hall–Kier alpha value is -2.14. The van der Waals surface area contributed by atoms with Crippen molar-refractivity contribution in [1.82, 2.24) is 0 Å². The lowest BCUT2D eigenvalue weighted by Crippen LogP contribution is -2.40. The Morgan fingerprint density at radius 3 is 2.83 bits per heavy atom. The summed E-state index contributed by atoms with van der Waals surface area (Å²) in [5.74, 6) is -1.40. The molecule has 3 aliphatic rings. The molecule has 1 aromatic carbocycles. The lowest BCUT2D eigenvalue weighted by molar-refractivity contribution is -0.152. The highest BCUT2D eigenvalue weighted by atomic mass is 16.6. The van der Waals surface area contributed by atoms with Crippen LogP contribution in [0, 0.1) is 18.8 Å². The molecule has 0 N–H and O–H groups in total. The minimum atomic E-state index is -0.692. The molecule has 1 amide bonds. The molecule has 5 nitrogen and oxygen atoms in total. The van der Waals surface area contributed by atoms with Crippen molar-refractivity contribution < 1.29 is 19.1 Å². The van der Waals surface area contributed by atoms with Crippen LogP contribution in [0.1, 0.15) is 18.9 Å². The number of hydrogen-bond donors (Lipinski definition) is 0. The van der Waals surface area contributed by atoms with Gasteiger partial charge in [0.1, 0.15) is 11.5 Å². The second-order valence-electron chi connectivity index (χ2n) is 6.83. The number of carbonyl (C=O) groups is 2. The van der Waals surface area contributed by atoms with Gasteiger partial charge in [0.2, 0.25) is 5.91 Å². The van der Waals surface area contributed by atoms with Crippen LogP contribution in [-0.4, -0.2) is 36.7 Å². The second-order valence-corrected chi connectivity index (χ2v) is 6.83. The van der Waals surface area contributed by atoms with Crippen LogP contribution in [0.15, 0.2) is 36.4 Å². The van der Waals surface area contributed by atoms with Crippen LogP contribution >= 0.6 is 0 Å². The van der Waals surface area contributed by atoms with Crippen molar-refractivity contribution in [3.63, 3.8) is 0 Å². The van der Waals surface area contributed by atoms with Crippen molar-refractivity contribution >= 4 is 17.6 Å². The fourth-order valence-corrected chi connectivity index (χ4v) is 4.01. The van der Waals surface area contributed by atoms with E-state index in [-0.39, 0.29) is 18.0 Å². The maximum Gasteiger partial charge on any atom is 0.312 e. The lowest BCUT2D eigenvalue weighted by Gasteiger charge is -2.22. The van der Waals surface area contributed by atoms with Crippen LogP contribution in [0.4, 0.5) is 5.69 Å². The Morgan fingerprint density at radius 1 is 1.38 bits per heavy atom. The van der Waals surface area contributed by atoms with Crippen LogP contribution in [0.25, 0.3) is 0 Å². The van der Waals surface area contributed by atoms with E-state index in [1.165, 1.54) is 0 Å². The molecule has 126 valence electrons. The summed E-state index contributed by atoms with van der Waals surface area (Å²) in [4.78, 5) is 27.2. The summed E-state index contributed by atoms with van der Waals surface area (Å²) in [6.45, 7) is 4.79. The second kappa shape index (κ2) is 5.45. The van der Waals surface area contributed by atoms with Crippen LogP contribution in [0.2, 0.25) is 0 Å². The quantitative estimate of drug-likeness (QED) is 0.629. The highest BCUT2D eigenvalue weighted by Gasteiger charge is 2.67. The normalized spacial score (nSPS) is 33.2. The van der Waals surface area contributed by atoms with Gasteiger partial charge in [-0.2, -0.15) is 0 Å². The van der Waals surface area contributed by atoms with Crippen molar-refractivity contribution in [1.29, 1.82) is 0 Å². The molecular weight excluding hydrogens is 306 g/mol. The first-order valence-electron chi connectivity index (χ1n) is 8.47. The minimum absolute atomic E-state index is 0.0517. The third-order valence-corrected chi connectivity index (χ3v) is 5.17. The molecule has 24 heavy (non-hydrogen) atoms. The van der Waals surface area contributed by atoms with Crippen LogP contribution in [0.5, 0.6) is 0 Å². The number of ether oxygens (including phenoxy) is 2. The first-order valence-corrected chi connectivity index (χ1v) is 8.47. The Balaban J connectivity index is 1.64. The molecule has 1 spiro atoms. The number of esters is 1. The van der Waals surface area contributed by atoms with Gasteiger partial charge >= 0.3 is 5.97 Å². The summed E-state index contributed by atoms with van der Waals surface area (Å²) in [5.41, 5.74) is 1.29. The van der Waals surface area contributed by atoms with E-state index in [9.17, 15) is 9.59 Å². The molecule has 2 bridgehead atoms. The van der Waals surface area contributed by atoms with Gasteiger partial charge in [0.05, 0.1) is 25.2 Å². The van der Waals surface area contributed by atoms with Gasteiger partial charge in [0, 0.05) is 5.69 Å². The van der Waals surface area contributed by atoms with Crippen LogP contribution in [0.3, 0.4) is 0 Å². The highest BCUT2D eigenvalue weighted by molar-refractivity contribution is 6.02.